The fourth-order valence-corrected chi connectivity index (χ4v) is 1.68. The first-order valence-electron chi connectivity index (χ1n) is 5.05. The molecule has 7 nitrogen and oxygen atoms in total. The van der Waals surface area contributed by atoms with E-state index in [0.717, 1.165) is 12.1 Å². The largest absolute Gasteiger partial charge is 0.393 e. The molecule has 0 aliphatic rings. The van der Waals surface area contributed by atoms with Crippen LogP contribution in [0.3, 0.4) is 0 Å². The highest BCUT2D eigenvalue weighted by Gasteiger charge is 2.11. The van der Waals surface area contributed by atoms with Gasteiger partial charge in [-0.15, -0.1) is 0 Å². The van der Waals surface area contributed by atoms with E-state index in [1.165, 1.54) is 18.3 Å². The lowest BCUT2D eigenvalue weighted by molar-refractivity contribution is -0.112. The third kappa shape index (κ3) is 4.09. The second-order valence-corrected chi connectivity index (χ2v) is 4.83. The quantitative estimate of drug-likeness (QED) is 0.420. The first kappa shape index (κ1) is 14.7. The van der Waals surface area contributed by atoms with Gasteiger partial charge in [-0.3, -0.25) is 9.35 Å². The van der Waals surface area contributed by atoms with E-state index >= 15 is 0 Å². The molecule has 1 aromatic carbocycles. The van der Waals surface area contributed by atoms with Gasteiger partial charge in [0.25, 0.3) is 16.0 Å². The van der Waals surface area contributed by atoms with E-state index in [1.807, 2.05) is 0 Å². The molecule has 8 heteroatoms. The van der Waals surface area contributed by atoms with Crippen LogP contribution in [-0.2, 0) is 14.9 Å². The summed E-state index contributed by atoms with van der Waals surface area (Å²) < 4.78 is 30.4. The molecule has 0 unspecified atom stereocenters. The number of nitriles is 1. The maximum absolute atomic E-state index is 11.6. The molecule has 0 bridgehead atoms. The first-order valence-corrected chi connectivity index (χ1v) is 6.49. The molecule has 0 atom stereocenters. The predicted molar refractivity (Wildman–Crippen MR) is 67.6 cm³/mol. The van der Waals surface area contributed by atoms with Crippen LogP contribution >= 0.6 is 0 Å². The van der Waals surface area contributed by atoms with Gasteiger partial charge in [0, 0.05) is 18.9 Å². The van der Waals surface area contributed by atoms with Crippen molar-refractivity contribution in [3.63, 3.8) is 0 Å². The van der Waals surface area contributed by atoms with Crippen LogP contribution in [0.25, 0.3) is 0 Å². The lowest BCUT2D eigenvalue weighted by Crippen LogP contribution is -2.15. The van der Waals surface area contributed by atoms with Gasteiger partial charge < -0.3 is 10.6 Å². The Balaban J connectivity index is 2.88. The molecule has 100 valence electrons. The van der Waals surface area contributed by atoms with E-state index in [-0.39, 0.29) is 10.5 Å². The zero-order valence-corrected chi connectivity index (χ0v) is 10.7. The molecule has 0 fully saturated rings. The minimum atomic E-state index is -4.26. The maximum Gasteiger partial charge on any atom is 0.294 e. The highest BCUT2D eigenvalue weighted by Crippen LogP contribution is 2.14. The topological polar surface area (TPSA) is 119 Å². The summed E-state index contributed by atoms with van der Waals surface area (Å²) in [5.41, 5.74) is 0.177. The Bertz CT molecular complexity index is 642. The summed E-state index contributed by atoms with van der Waals surface area (Å²) in [6.07, 6.45) is 1.24. The van der Waals surface area contributed by atoms with Crippen LogP contribution in [-0.4, -0.2) is 25.9 Å². The average molecular weight is 281 g/mol. The van der Waals surface area contributed by atoms with Gasteiger partial charge in [-0.2, -0.15) is 13.7 Å². The molecular weight excluding hydrogens is 270 g/mol. The number of benzene rings is 1. The Labute approximate surface area is 110 Å². The van der Waals surface area contributed by atoms with Crippen molar-refractivity contribution in [2.75, 3.05) is 12.4 Å². The summed E-state index contributed by atoms with van der Waals surface area (Å²) in [4.78, 5) is 11.3. The van der Waals surface area contributed by atoms with Gasteiger partial charge in [0.05, 0.1) is 4.90 Å². The smallest absolute Gasteiger partial charge is 0.294 e. The molecule has 1 aromatic rings. The Morgan fingerprint density at radius 2 is 1.95 bits per heavy atom. The summed E-state index contributed by atoms with van der Waals surface area (Å²) in [5, 5.41) is 13.7. The van der Waals surface area contributed by atoms with Crippen molar-refractivity contribution >= 4 is 21.7 Å². The van der Waals surface area contributed by atoms with Crippen LogP contribution in [0.1, 0.15) is 0 Å². The summed E-state index contributed by atoms with van der Waals surface area (Å²) in [6, 6.07) is 6.59. The lowest BCUT2D eigenvalue weighted by atomic mass is 10.2. The molecule has 3 N–H and O–H groups in total. The van der Waals surface area contributed by atoms with Gasteiger partial charge >= 0.3 is 0 Å². The Kier molecular flexibility index (Phi) is 4.63. The molecule has 0 spiro atoms. The van der Waals surface area contributed by atoms with Crippen molar-refractivity contribution < 1.29 is 17.8 Å². The Morgan fingerprint density at radius 1 is 1.37 bits per heavy atom. The van der Waals surface area contributed by atoms with E-state index in [9.17, 15) is 13.2 Å². The molecule has 0 saturated heterocycles. The highest BCUT2D eigenvalue weighted by atomic mass is 32.2. The van der Waals surface area contributed by atoms with Gasteiger partial charge in [0.2, 0.25) is 0 Å². The standard InChI is InChI=1S/C11H11N3O4S/c1-13-7-8(6-12)11(15)14-9-2-4-10(5-3-9)19(16,17)18/h2-5,7,13H,1H3,(H,14,15)(H,16,17,18)/b8-7-. The zero-order valence-electron chi connectivity index (χ0n) is 9.91. The molecule has 0 saturated carbocycles. The van der Waals surface area contributed by atoms with Crippen molar-refractivity contribution in [2.45, 2.75) is 4.90 Å². The second-order valence-electron chi connectivity index (χ2n) is 3.41. The molecule has 19 heavy (non-hydrogen) atoms. The van der Waals surface area contributed by atoms with E-state index in [2.05, 4.69) is 10.6 Å². The summed E-state index contributed by atoms with van der Waals surface area (Å²) in [7, 11) is -2.72. The summed E-state index contributed by atoms with van der Waals surface area (Å²) >= 11 is 0. The van der Waals surface area contributed by atoms with E-state index in [1.54, 1.807) is 13.1 Å². The average Bonchev–Trinajstić information content (AvgIpc) is 2.35. The minimum absolute atomic E-state index is 0.124. The SMILES string of the molecule is CN/C=C(/C#N)C(=O)Nc1ccc(S(=O)(=O)O)cc1. The number of anilines is 1. The number of rotatable bonds is 4. The van der Waals surface area contributed by atoms with Crippen LogP contribution in [0.4, 0.5) is 5.69 Å². The normalized spacial score (nSPS) is 11.5. The molecule has 1 amide bonds. The summed E-state index contributed by atoms with van der Waals surface area (Å²) in [5.74, 6) is -0.628. The number of nitrogens with one attached hydrogen (secondary N) is 2. The number of hydrogen-bond acceptors (Lipinski definition) is 5. The lowest BCUT2D eigenvalue weighted by Gasteiger charge is -2.04. The van der Waals surface area contributed by atoms with Gasteiger partial charge in [-0.25, -0.2) is 0 Å². The maximum atomic E-state index is 11.6. The van der Waals surface area contributed by atoms with Crippen LogP contribution < -0.4 is 10.6 Å². The zero-order chi connectivity index (χ0) is 14.5. The van der Waals surface area contributed by atoms with Crippen LogP contribution in [0, 0.1) is 11.3 Å². The van der Waals surface area contributed by atoms with E-state index < -0.39 is 16.0 Å². The van der Waals surface area contributed by atoms with Crippen molar-refractivity contribution in [3.05, 3.63) is 36.0 Å². The van der Waals surface area contributed by atoms with E-state index in [0.29, 0.717) is 5.69 Å². The van der Waals surface area contributed by atoms with Crippen molar-refractivity contribution in [1.82, 2.24) is 5.32 Å². The Hall–Kier alpha value is -2.37. The fourth-order valence-electron chi connectivity index (χ4n) is 1.20. The van der Waals surface area contributed by atoms with Crippen molar-refractivity contribution in [2.24, 2.45) is 0 Å². The van der Waals surface area contributed by atoms with Gasteiger partial charge in [0.15, 0.2) is 0 Å². The molecule has 0 aromatic heterocycles. The molecular formula is C11H11N3O4S. The van der Waals surface area contributed by atoms with Crippen molar-refractivity contribution in [3.8, 4) is 6.07 Å². The molecule has 0 radical (unpaired) electrons. The Morgan fingerprint density at radius 3 is 2.37 bits per heavy atom. The first-order chi connectivity index (χ1) is 8.88. The second kappa shape index (κ2) is 5.99. The third-order valence-electron chi connectivity index (χ3n) is 2.06. The number of carbonyl (C=O) groups is 1. The highest BCUT2D eigenvalue weighted by molar-refractivity contribution is 7.85. The van der Waals surface area contributed by atoms with Gasteiger partial charge in [-0.1, -0.05) is 0 Å². The number of hydrogen-bond donors (Lipinski definition) is 3. The van der Waals surface area contributed by atoms with Crippen LogP contribution in [0.5, 0.6) is 0 Å². The van der Waals surface area contributed by atoms with Gasteiger partial charge in [-0.05, 0) is 24.3 Å². The fraction of sp³-hybridized carbons (Fsp3) is 0.0909. The molecule has 1 rings (SSSR count). The predicted octanol–water partition coefficient (Wildman–Crippen LogP) is 0.499. The molecule has 0 heterocycles. The van der Waals surface area contributed by atoms with Gasteiger partial charge in [0.1, 0.15) is 11.6 Å². The number of nitrogens with zero attached hydrogens (tertiary/aromatic N) is 1. The molecule has 0 aliphatic carbocycles. The number of carbonyl (C=O) groups excluding carboxylic acids is 1. The minimum Gasteiger partial charge on any atom is -0.393 e. The van der Waals surface area contributed by atoms with Crippen LogP contribution in [0.15, 0.2) is 40.9 Å². The summed E-state index contributed by atoms with van der Waals surface area (Å²) in [6.45, 7) is 0. The molecule has 0 aliphatic heterocycles. The van der Waals surface area contributed by atoms with E-state index in [4.69, 9.17) is 9.81 Å². The van der Waals surface area contributed by atoms with Crippen LogP contribution in [0.2, 0.25) is 0 Å². The third-order valence-corrected chi connectivity index (χ3v) is 2.93. The monoisotopic (exact) mass is 281 g/mol. The van der Waals surface area contributed by atoms with Crippen molar-refractivity contribution in [1.29, 1.82) is 5.26 Å². The number of amides is 1.